The lowest BCUT2D eigenvalue weighted by molar-refractivity contribution is -0.274. The first-order valence-electron chi connectivity index (χ1n) is 10.2. The third kappa shape index (κ3) is 6.73. The Morgan fingerprint density at radius 2 is 1.60 bits per heavy atom. The molecule has 1 aromatic heterocycles. The molecule has 0 saturated carbocycles. The number of aromatic nitrogens is 2. The third-order valence-corrected chi connectivity index (χ3v) is 4.80. The molecule has 0 aliphatic carbocycles. The van der Waals surface area contributed by atoms with Crippen molar-refractivity contribution in [3.63, 3.8) is 0 Å². The smallest absolute Gasteiger partial charge is 0.481 e. The number of carbonyl (C=O) groups is 1. The zero-order valence-corrected chi connectivity index (χ0v) is 18.8. The summed E-state index contributed by atoms with van der Waals surface area (Å²) in [5.74, 6) is 0.321. The number of hydrogen-bond donors (Lipinski definition) is 1. The van der Waals surface area contributed by atoms with Crippen molar-refractivity contribution in [1.29, 1.82) is 0 Å². The molecule has 3 aromatic carbocycles. The number of fused-ring (bicyclic) bond motifs is 1. The normalized spacial score (nSPS) is 12.1. The van der Waals surface area contributed by atoms with Crippen LogP contribution in [-0.4, -0.2) is 28.3 Å². The minimum Gasteiger partial charge on any atom is -0.481 e. The molecule has 4 aromatic rings. The molecule has 0 saturated heterocycles. The van der Waals surface area contributed by atoms with Crippen LogP contribution in [-0.2, 0) is 4.79 Å². The molecule has 180 valence electrons. The lowest BCUT2D eigenvalue weighted by Gasteiger charge is -2.15. The number of nitrogens with zero attached hydrogens (tertiary/aromatic N) is 2. The molecular formula is C24H17ClF3N3O4. The van der Waals surface area contributed by atoms with Gasteiger partial charge in [0, 0.05) is 10.7 Å². The fraction of sp³-hybridized carbons (Fsp3) is 0.125. The number of anilines is 1. The Morgan fingerprint density at radius 3 is 2.29 bits per heavy atom. The Kier molecular flexibility index (Phi) is 6.92. The Morgan fingerprint density at radius 1 is 0.943 bits per heavy atom. The van der Waals surface area contributed by atoms with Crippen LogP contribution < -0.4 is 19.5 Å². The van der Waals surface area contributed by atoms with E-state index in [2.05, 4.69) is 20.0 Å². The number of alkyl halides is 3. The van der Waals surface area contributed by atoms with Gasteiger partial charge >= 0.3 is 6.36 Å². The Hall–Kier alpha value is -4.05. The summed E-state index contributed by atoms with van der Waals surface area (Å²) in [6, 6.07) is 16.5. The Labute approximate surface area is 202 Å². The molecule has 0 fully saturated rings. The highest BCUT2D eigenvalue weighted by molar-refractivity contribution is 6.31. The predicted molar refractivity (Wildman–Crippen MR) is 123 cm³/mol. The lowest BCUT2D eigenvalue weighted by atomic mass is 10.2. The minimum atomic E-state index is -4.79. The summed E-state index contributed by atoms with van der Waals surface area (Å²) in [6.07, 6.45) is -4.19. The standard InChI is InChI=1S/C24H17ClF3N3O4/c1-14(23(32)30-16-3-5-19(6-4-16)35-24(26,27)28)33-17-7-9-18(10-8-17)34-22-13-29-21-12-15(25)2-11-20(21)31-22/h2-14H,1H3,(H,30,32). The first-order chi connectivity index (χ1) is 16.6. The summed E-state index contributed by atoms with van der Waals surface area (Å²) >= 11 is 5.95. The summed E-state index contributed by atoms with van der Waals surface area (Å²) in [6.45, 7) is 1.54. The maximum absolute atomic E-state index is 12.4. The molecule has 1 amide bonds. The fourth-order valence-corrected chi connectivity index (χ4v) is 3.13. The van der Waals surface area contributed by atoms with Crippen LogP contribution in [0.5, 0.6) is 23.1 Å². The van der Waals surface area contributed by atoms with Crippen molar-refractivity contribution in [2.45, 2.75) is 19.4 Å². The second-order valence-electron chi connectivity index (χ2n) is 7.24. The summed E-state index contributed by atoms with van der Waals surface area (Å²) in [5, 5.41) is 3.13. The molecule has 1 unspecified atom stereocenters. The van der Waals surface area contributed by atoms with Crippen LogP contribution in [0, 0.1) is 0 Å². The van der Waals surface area contributed by atoms with E-state index in [0.29, 0.717) is 39.1 Å². The van der Waals surface area contributed by atoms with Gasteiger partial charge in [-0.3, -0.25) is 4.79 Å². The fourth-order valence-electron chi connectivity index (χ4n) is 2.96. The maximum Gasteiger partial charge on any atom is 0.573 e. The van der Waals surface area contributed by atoms with Crippen molar-refractivity contribution < 1.29 is 32.2 Å². The number of amides is 1. The molecule has 0 bridgehead atoms. The van der Waals surface area contributed by atoms with Gasteiger partial charge in [-0.1, -0.05) is 11.6 Å². The molecule has 0 aliphatic heterocycles. The first-order valence-corrected chi connectivity index (χ1v) is 10.6. The van der Waals surface area contributed by atoms with Gasteiger partial charge in [-0.05, 0) is 73.7 Å². The predicted octanol–water partition coefficient (Wildman–Crippen LogP) is 6.38. The Balaban J connectivity index is 1.32. The second-order valence-corrected chi connectivity index (χ2v) is 7.67. The van der Waals surface area contributed by atoms with Crippen LogP contribution in [0.4, 0.5) is 18.9 Å². The van der Waals surface area contributed by atoms with Crippen LogP contribution >= 0.6 is 11.6 Å². The van der Waals surface area contributed by atoms with Crippen molar-refractivity contribution in [2.24, 2.45) is 0 Å². The van der Waals surface area contributed by atoms with Gasteiger partial charge in [-0.15, -0.1) is 13.2 Å². The average molecular weight is 504 g/mol. The highest BCUT2D eigenvalue weighted by Gasteiger charge is 2.31. The molecule has 35 heavy (non-hydrogen) atoms. The number of benzene rings is 3. The molecule has 0 radical (unpaired) electrons. The molecule has 11 heteroatoms. The SMILES string of the molecule is CC(Oc1ccc(Oc2cnc3cc(Cl)ccc3n2)cc1)C(=O)Nc1ccc(OC(F)(F)F)cc1. The largest absolute Gasteiger partial charge is 0.573 e. The van der Waals surface area contributed by atoms with E-state index in [1.807, 2.05) is 0 Å². The summed E-state index contributed by atoms with van der Waals surface area (Å²) < 4.78 is 51.9. The van der Waals surface area contributed by atoms with Gasteiger partial charge in [-0.2, -0.15) is 0 Å². The average Bonchev–Trinajstić information content (AvgIpc) is 2.81. The van der Waals surface area contributed by atoms with Crippen LogP contribution in [0.15, 0.2) is 72.9 Å². The Bertz CT molecular complexity index is 1330. The van der Waals surface area contributed by atoms with E-state index < -0.39 is 18.4 Å². The lowest BCUT2D eigenvalue weighted by Crippen LogP contribution is -2.30. The maximum atomic E-state index is 12.4. The van der Waals surface area contributed by atoms with Crippen molar-refractivity contribution in [1.82, 2.24) is 9.97 Å². The van der Waals surface area contributed by atoms with E-state index in [0.717, 1.165) is 12.1 Å². The molecule has 7 nitrogen and oxygen atoms in total. The first kappa shape index (κ1) is 24.1. The highest BCUT2D eigenvalue weighted by Crippen LogP contribution is 2.26. The number of hydrogen-bond acceptors (Lipinski definition) is 6. The molecule has 1 heterocycles. The van der Waals surface area contributed by atoms with Crippen molar-refractivity contribution in [3.8, 4) is 23.1 Å². The van der Waals surface area contributed by atoms with E-state index >= 15 is 0 Å². The number of carbonyl (C=O) groups excluding carboxylic acids is 1. The molecule has 0 spiro atoms. The van der Waals surface area contributed by atoms with Crippen molar-refractivity contribution >= 4 is 34.2 Å². The number of halogens is 4. The monoisotopic (exact) mass is 503 g/mol. The van der Waals surface area contributed by atoms with Crippen LogP contribution in [0.25, 0.3) is 11.0 Å². The second kappa shape index (κ2) is 10.1. The van der Waals surface area contributed by atoms with E-state index in [-0.39, 0.29) is 5.75 Å². The number of ether oxygens (including phenoxy) is 3. The topological polar surface area (TPSA) is 82.6 Å². The van der Waals surface area contributed by atoms with Gasteiger partial charge in [-0.25, -0.2) is 9.97 Å². The van der Waals surface area contributed by atoms with Crippen molar-refractivity contribution in [2.75, 3.05) is 5.32 Å². The number of nitrogens with one attached hydrogen (secondary N) is 1. The molecule has 1 atom stereocenters. The molecular weight excluding hydrogens is 487 g/mol. The van der Waals surface area contributed by atoms with E-state index in [1.54, 1.807) is 42.5 Å². The van der Waals surface area contributed by atoms with Gasteiger partial charge in [0.25, 0.3) is 5.91 Å². The quantitative estimate of drug-likeness (QED) is 0.315. The third-order valence-electron chi connectivity index (χ3n) is 4.57. The zero-order valence-electron chi connectivity index (χ0n) is 18.0. The molecule has 1 N–H and O–H groups in total. The van der Waals surface area contributed by atoms with Gasteiger partial charge in [0.15, 0.2) is 6.10 Å². The van der Waals surface area contributed by atoms with Crippen LogP contribution in [0.2, 0.25) is 5.02 Å². The number of rotatable bonds is 7. The van der Waals surface area contributed by atoms with E-state index in [9.17, 15) is 18.0 Å². The van der Waals surface area contributed by atoms with Gasteiger partial charge in [0.1, 0.15) is 17.2 Å². The van der Waals surface area contributed by atoms with E-state index in [1.165, 1.54) is 25.3 Å². The van der Waals surface area contributed by atoms with Crippen LogP contribution in [0.1, 0.15) is 6.92 Å². The summed E-state index contributed by atoms with van der Waals surface area (Å²) in [4.78, 5) is 21.0. The van der Waals surface area contributed by atoms with Crippen LogP contribution in [0.3, 0.4) is 0 Å². The highest BCUT2D eigenvalue weighted by atomic mass is 35.5. The van der Waals surface area contributed by atoms with E-state index in [4.69, 9.17) is 21.1 Å². The molecule has 4 rings (SSSR count). The summed E-state index contributed by atoms with van der Waals surface area (Å²) in [5.41, 5.74) is 1.57. The van der Waals surface area contributed by atoms with Gasteiger partial charge in [0.2, 0.25) is 5.88 Å². The minimum absolute atomic E-state index is 0.294. The molecule has 0 aliphatic rings. The zero-order chi connectivity index (χ0) is 25.0. The van der Waals surface area contributed by atoms with Gasteiger partial charge in [0.05, 0.1) is 17.2 Å². The van der Waals surface area contributed by atoms with Gasteiger partial charge < -0.3 is 19.5 Å². The van der Waals surface area contributed by atoms with Crippen molar-refractivity contribution in [3.05, 3.63) is 77.9 Å². The summed E-state index contributed by atoms with van der Waals surface area (Å²) in [7, 11) is 0.